The van der Waals surface area contributed by atoms with Crippen LogP contribution in [0.15, 0.2) is 36.4 Å². The van der Waals surface area contributed by atoms with Crippen molar-refractivity contribution in [1.29, 1.82) is 0 Å². The van der Waals surface area contributed by atoms with Gasteiger partial charge < -0.3 is 20.3 Å². The monoisotopic (exact) mass is 463 g/mol. The van der Waals surface area contributed by atoms with Crippen molar-refractivity contribution in [3.8, 4) is 0 Å². The van der Waals surface area contributed by atoms with Gasteiger partial charge >= 0.3 is 5.97 Å². The number of carboxylic acids is 1. The van der Waals surface area contributed by atoms with Crippen molar-refractivity contribution in [3.63, 3.8) is 0 Å². The lowest BCUT2D eigenvalue weighted by molar-refractivity contribution is -0.139. The maximum absolute atomic E-state index is 11.5. The summed E-state index contributed by atoms with van der Waals surface area (Å²) in [6.45, 7) is 7.05. The second kappa shape index (κ2) is 9.10. The second-order valence-electron chi connectivity index (χ2n) is 11.2. The summed E-state index contributed by atoms with van der Waals surface area (Å²) in [5.74, 6) is -0.568. The van der Waals surface area contributed by atoms with Gasteiger partial charge in [-0.3, -0.25) is 4.79 Å². The number of benzene rings is 2. The van der Waals surface area contributed by atoms with Gasteiger partial charge in [0, 0.05) is 18.0 Å². The zero-order valence-corrected chi connectivity index (χ0v) is 20.5. The molecule has 0 amide bonds. The Morgan fingerprint density at radius 2 is 1.97 bits per heavy atom. The van der Waals surface area contributed by atoms with Crippen molar-refractivity contribution >= 4 is 5.97 Å². The van der Waals surface area contributed by atoms with E-state index in [0.29, 0.717) is 6.54 Å². The summed E-state index contributed by atoms with van der Waals surface area (Å²) in [4.78, 5) is 11.5. The molecule has 0 radical (unpaired) electrons. The Labute approximate surface area is 202 Å². The molecular formula is C29H37NO4. The van der Waals surface area contributed by atoms with E-state index in [-0.39, 0.29) is 36.0 Å². The number of hydrogen-bond donors (Lipinski definition) is 3. The molecule has 5 atom stereocenters. The van der Waals surface area contributed by atoms with Gasteiger partial charge in [-0.05, 0) is 92.2 Å². The lowest BCUT2D eigenvalue weighted by Gasteiger charge is -2.29. The van der Waals surface area contributed by atoms with Gasteiger partial charge in [-0.1, -0.05) is 36.4 Å². The zero-order chi connectivity index (χ0) is 24.0. The molecule has 0 heterocycles. The summed E-state index contributed by atoms with van der Waals surface area (Å²) in [7, 11) is 0. The van der Waals surface area contributed by atoms with Crippen LogP contribution in [0.1, 0.15) is 72.6 Å². The van der Waals surface area contributed by atoms with E-state index in [1.165, 1.54) is 47.1 Å². The number of hydrogen-bond acceptors (Lipinski definition) is 4. The highest BCUT2D eigenvalue weighted by Gasteiger charge is 2.60. The summed E-state index contributed by atoms with van der Waals surface area (Å²) in [6, 6.07) is 13.1. The average molecular weight is 464 g/mol. The molecule has 1 unspecified atom stereocenters. The Kier molecular flexibility index (Phi) is 6.30. The van der Waals surface area contributed by atoms with Gasteiger partial charge in [0.25, 0.3) is 0 Å². The molecule has 182 valence electrons. The van der Waals surface area contributed by atoms with Gasteiger partial charge in [0.2, 0.25) is 0 Å². The predicted octanol–water partition coefficient (Wildman–Crippen LogP) is 4.20. The molecule has 3 aliphatic rings. The molecule has 0 saturated heterocycles. The van der Waals surface area contributed by atoms with Crippen LogP contribution in [-0.2, 0) is 35.2 Å². The summed E-state index contributed by atoms with van der Waals surface area (Å²) in [6.07, 6.45) is 4.62. The molecule has 1 saturated carbocycles. The number of ether oxygens (including phenoxy) is 1. The molecule has 2 aromatic carbocycles. The molecule has 1 fully saturated rings. The first-order valence-corrected chi connectivity index (χ1v) is 12.7. The molecule has 0 aliphatic heterocycles. The Morgan fingerprint density at radius 3 is 2.76 bits per heavy atom. The minimum atomic E-state index is -0.687. The van der Waals surface area contributed by atoms with Gasteiger partial charge in [-0.15, -0.1) is 0 Å². The van der Waals surface area contributed by atoms with Crippen LogP contribution in [0.4, 0.5) is 0 Å². The number of rotatable bonds is 10. The van der Waals surface area contributed by atoms with Gasteiger partial charge in [-0.25, -0.2) is 0 Å². The first kappa shape index (κ1) is 23.5. The zero-order valence-electron chi connectivity index (χ0n) is 20.5. The summed E-state index contributed by atoms with van der Waals surface area (Å²) in [5, 5.41) is 23.6. The number of aryl methyl sites for hydroxylation is 2. The van der Waals surface area contributed by atoms with E-state index in [1.807, 2.05) is 19.1 Å². The Bertz CT molecular complexity index is 1080. The third-order valence-corrected chi connectivity index (χ3v) is 8.07. The molecular weight excluding hydrogens is 426 g/mol. The van der Waals surface area contributed by atoms with Crippen molar-refractivity contribution in [3.05, 3.63) is 69.8 Å². The van der Waals surface area contributed by atoms with Crippen LogP contribution in [0.25, 0.3) is 0 Å². The average Bonchev–Trinajstić information content (AvgIpc) is 3.12. The first-order chi connectivity index (χ1) is 16.2. The second-order valence-corrected chi connectivity index (χ2v) is 11.2. The lowest BCUT2D eigenvalue weighted by atomic mass is 9.93. The Hall–Kier alpha value is -2.21. The van der Waals surface area contributed by atoms with Gasteiger partial charge in [0.1, 0.15) is 0 Å². The number of fused-ring (bicyclic) bond motifs is 4. The fourth-order valence-electron chi connectivity index (χ4n) is 6.29. The van der Waals surface area contributed by atoms with Crippen LogP contribution in [0.2, 0.25) is 0 Å². The number of aliphatic hydroxyl groups is 1. The molecule has 5 rings (SSSR count). The third-order valence-electron chi connectivity index (χ3n) is 8.07. The first-order valence-electron chi connectivity index (χ1n) is 12.7. The minimum Gasteiger partial charge on any atom is -0.481 e. The molecule has 3 aliphatic carbocycles. The van der Waals surface area contributed by atoms with Crippen LogP contribution in [-0.4, -0.2) is 41.0 Å². The summed E-state index contributed by atoms with van der Waals surface area (Å²) in [5.41, 5.74) is 7.71. The largest absolute Gasteiger partial charge is 0.481 e. The summed E-state index contributed by atoms with van der Waals surface area (Å²) >= 11 is 0. The Balaban J connectivity index is 1.13. The van der Waals surface area contributed by atoms with Crippen molar-refractivity contribution in [2.75, 3.05) is 13.2 Å². The molecule has 0 aromatic heterocycles. The standard InChI is InChI=1S/C29H37NO4/c1-17(23-9-5-8-21-13-24-26(25(21)23)27(24)28(32)33)34-16-22(31)15-30-29(2,3)14-18-10-11-19-6-4-7-20(19)12-18/h5,8-12,17,22,24,26-27,30-31H,4,6-7,13-16H2,1-3H3,(H,32,33)/t17-,22?,24+,26+,27-/m1/s1. The fraction of sp³-hybridized carbons (Fsp3) is 0.552. The highest BCUT2D eigenvalue weighted by atomic mass is 16.5. The molecule has 5 nitrogen and oxygen atoms in total. The number of aliphatic carboxylic acids is 1. The van der Waals surface area contributed by atoms with E-state index in [4.69, 9.17) is 4.74 Å². The van der Waals surface area contributed by atoms with E-state index in [2.05, 4.69) is 43.4 Å². The van der Waals surface area contributed by atoms with Crippen molar-refractivity contribution in [2.45, 2.75) is 76.5 Å². The number of nitrogens with one attached hydrogen (secondary N) is 1. The van der Waals surface area contributed by atoms with Crippen molar-refractivity contribution < 1.29 is 19.7 Å². The topological polar surface area (TPSA) is 78.8 Å². The molecule has 3 N–H and O–H groups in total. The number of β-amino-alcohol motifs (C(OH)–C–C–N with tert-alkyl or cyclic N) is 1. The molecule has 34 heavy (non-hydrogen) atoms. The quantitative estimate of drug-likeness (QED) is 0.492. The van der Waals surface area contributed by atoms with E-state index < -0.39 is 12.1 Å². The molecule has 5 heteroatoms. The van der Waals surface area contributed by atoms with Crippen LogP contribution in [0.3, 0.4) is 0 Å². The van der Waals surface area contributed by atoms with E-state index in [0.717, 1.165) is 18.4 Å². The predicted molar refractivity (Wildman–Crippen MR) is 132 cm³/mol. The van der Waals surface area contributed by atoms with Crippen molar-refractivity contribution in [2.24, 2.45) is 11.8 Å². The molecule has 0 spiro atoms. The minimum absolute atomic E-state index is 0.126. The number of carboxylic acid groups (broad SMARTS) is 1. The maximum atomic E-state index is 11.5. The molecule has 0 bridgehead atoms. The van der Waals surface area contributed by atoms with E-state index in [9.17, 15) is 15.0 Å². The molecule has 2 aromatic rings. The van der Waals surface area contributed by atoms with E-state index >= 15 is 0 Å². The fourth-order valence-corrected chi connectivity index (χ4v) is 6.29. The number of aliphatic hydroxyl groups excluding tert-OH is 1. The highest BCUT2D eigenvalue weighted by molar-refractivity contribution is 5.78. The lowest BCUT2D eigenvalue weighted by Crippen LogP contribution is -2.46. The van der Waals surface area contributed by atoms with Crippen molar-refractivity contribution in [1.82, 2.24) is 5.32 Å². The van der Waals surface area contributed by atoms with Crippen LogP contribution in [0, 0.1) is 11.8 Å². The van der Waals surface area contributed by atoms with Gasteiger partial charge in [0.05, 0.1) is 24.7 Å². The highest BCUT2D eigenvalue weighted by Crippen LogP contribution is 2.62. The Morgan fingerprint density at radius 1 is 1.18 bits per heavy atom. The maximum Gasteiger partial charge on any atom is 0.307 e. The SMILES string of the molecule is C[C@@H](OCC(O)CNC(C)(C)Cc1ccc2c(c1)CCC2)c1cccc2c1[C@@H]1[C@H](C2)[C@H]1C(=O)O. The third kappa shape index (κ3) is 4.66. The smallest absolute Gasteiger partial charge is 0.307 e. The van der Waals surface area contributed by atoms with E-state index in [1.54, 1.807) is 0 Å². The van der Waals surface area contributed by atoms with Crippen LogP contribution >= 0.6 is 0 Å². The van der Waals surface area contributed by atoms with Crippen LogP contribution < -0.4 is 5.32 Å². The van der Waals surface area contributed by atoms with Gasteiger partial charge in [0.15, 0.2) is 0 Å². The van der Waals surface area contributed by atoms with Crippen LogP contribution in [0.5, 0.6) is 0 Å². The van der Waals surface area contributed by atoms with Gasteiger partial charge in [-0.2, -0.15) is 0 Å². The normalized spacial score (nSPS) is 24.3. The summed E-state index contributed by atoms with van der Waals surface area (Å²) < 4.78 is 6.07. The number of carbonyl (C=O) groups is 1.